The fraction of sp³-hybridized carbons (Fsp3) is 0.419. The van der Waals surface area contributed by atoms with Crippen molar-refractivity contribution in [1.29, 1.82) is 0 Å². The minimum Gasteiger partial charge on any atom is -0.507 e. The van der Waals surface area contributed by atoms with Gasteiger partial charge in [0.25, 0.3) is 0 Å². The molecule has 3 aromatic carbocycles. The number of benzene rings is 3. The third-order valence-corrected chi connectivity index (χ3v) is 6.97. The SMILES string of the molecule is COCc1cc(C(c2cc(COC)c(O)c(C(C)O)c2)c2cc(C(C)O)c(O)c(C(C)O)c2)cc(COC)c1O. The van der Waals surface area contributed by atoms with E-state index >= 15 is 0 Å². The van der Waals surface area contributed by atoms with Gasteiger partial charge < -0.3 is 44.8 Å². The first-order chi connectivity index (χ1) is 18.9. The smallest absolute Gasteiger partial charge is 0.127 e. The van der Waals surface area contributed by atoms with E-state index in [1.807, 2.05) is 0 Å². The number of aliphatic hydroxyl groups excluding tert-OH is 3. The normalized spacial score (nSPS) is 14.6. The number of aromatic hydroxyl groups is 3. The lowest BCUT2D eigenvalue weighted by Gasteiger charge is -2.26. The molecule has 3 rings (SSSR count). The number of phenols is 3. The highest BCUT2D eigenvalue weighted by atomic mass is 16.5. The van der Waals surface area contributed by atoms with Crippen LogP contribution in [0.25, 0.3) is 0 Å². The zero-order chi connectivity index (χ0) is 29.7. The molecular formula is C31H40O9. The first-order valence-corrected chi connectivity index (χ1v) is 13.0. The molecule has 0 aliphatic heterocycles. The molecule has 0 aliphatic rings. The monoisotopic (exact) mass is 556 g/mol. The summed E-state index contributed by atoms with van der Waals surface area (Å²) in [6.07, 6.45) is -3.07. The molecule has 0 fully saturated rings. The van der Waals surface area contributed by atoms with E-state index in [4.69, 9.17) is 14.2 Å². The molecule has 6 N–H and O–H groups in total. The highest BCUT2D eigenvalue weighted by Crippen LogP contribution is 2.43. The van der Waals surface area contributed by atoms with Gasteiger partial charge in [-0.25, -0.2) is 0 Å². The van der Waals surface area contributed by atoms with Crippen molar-refractivity contribution in [2.45, 2.75) is 64.8 Å². The summed E-state index contributed by atoms with van der Waals surface area (Å²) in [5.74, 6) is -0.836. The van der Waals surface area contributed by atoms with Crippen LogP contribution in [0.4, 0.5) is 0 Å². The lowest BCUT2D eigenvalue weighted by molar-refractivity contribution is 0.174. The summed E-state index contributed by atoms with van der Waals surface area (Å²) in [6.45, 7) is 4.93. The minimum absolute atomic E-state index is 0.0432. The molecule has 0 amide bonds. The Bertz CT molecular complexity index is 1260. The van der Waals surface area contributed by atoms with Crippen LogP contribution in [-0.4, -0.2) is 52.0 Å². The van der Waals surface area contributed by atoms with Gasteiger partial charge >= 0.3 is 0 Å². The van der Waals surface area contributed by atoms with Gasteiger partial charge in [-0.3, -0.25) is 0 Å². The lowest BCUT2D eigenvalue weighted by Crippen LogP contribution is -2.11. The quantitative estimate of drug-likeness (QED) is 0.176. The molecule has 0 heterocycles. The molecule has 0 saturated carbocycles. The summed E-state index contributed by atoms with van der Waals surface area (Å²) in [7, 11) is 4.55. The van der Waals surface area contributed by atoms with Crippen LogP contribution < -0.4 is 0 Å². The maximum Gasteiger partial charge on any atom is 0.127 e. The molecule has 40 heavy (non-hydrogen) atoms. The Morgan fingerprint density at radius 1 is 0.500 bits per heavy atom. The van der Waals surface area contributed by atoms with Crippen molar-refractivity contribution < 1.29 is 44.8 Å². The summed E-state index contributed by atoms with van der Waals surface area (Å²) in [4.78, 5) is 0. The lowest BCUT2D eigenvalue weighted by atomic mass is 9.80. The van der Waals surface area contributed by atoms with E-state index in [9.17, 15) is 30.6 Å². The van der Waals surface area contributed by atoms with Gasteiger partial charge in [-0.2, -0.15) is 0 Å². The fourth-order valence-corrected chi connectivity index (χ4v) is 5.06. The van der Waals surface area contributed by atoms with Crippen molar-refractivity contribution >= 4 is 0 Å². The van der Waals surface area contributed by atoms with Crippen LogP contribution >= 0.6 is 0 Å². The zero-order valence-corrected chi connectivity index (χ0v) is 23.8. The Kier molecular flexibility index (Phi) is 10.5. The topological polar surface area (TPSA) is 149 Å². The molecule has 0 aliphatic carbocycles. The van der Waals surface area contributed by atoms with E-state index in [1.54, 1.807) is 43.3 Å². The van der Waals surface area contributed by atoms with Crippen LogP contribution in [-0.2, 0) is 34.0 Å². The van der Waals surface area contributed by atoms with Crippen LogP contribution in [0, 0.1) is 0 Å². The van der Waals surface area contributed by atoms with Crippen molar-refractivity contribution in [2.75, 3.05) is 21.3 Å². The Morgan fingerprint density at radius 2 is 0.800 bits per heavy atom. The Hall–Kier alpha value is -3.18. The van der Waals surface area contributed by atoms with E-state index in [2.05, 4.69) is 0 Å². The van der Waals surface area contributed by atoms with Gasteiger partial charge in [-0.15, -0.1) is 0 Å². The molecule has 0 spiro atoms. The second-order valence-electron chi connectivity index (χ2n) is 10.1. The molecule has 0 radical (unpaired) electrons. The van der Waals surface area contributed by atoms with Crippen LogP contribution in [0.1, 0.15) is 95.1 Å². The molecule has 4 atom stereocenters. The third-order valence-electron chi connectivity index (χ3n) is 6.97. The van der Waals surface area contributed by atoms with Crippen molar-refractivity contribution in [2.24, 2.45) is 0 Å². The standard InChI is InChI=1S/C31H40O9/c1-16(32)25-10-20(9-24(15-40-6)30(25)36)28(19-7-22(13-38-4)29(35)23(8-19)14-39-5)21-11-26(17(2)33)31(37)27(12-21)18(3)34/h7-12,16-18,28,32-37H,13-15H2,1-6H3. The van der Waals surface area contributed by atoms with Crippen molar-refractivity contribution in [3.8, 4) is 17.2 Å². The van der Waals surface area contributed by atoms with E-state index < -0.39 is 24.2 Å². The van der Waals surface area contributed by atoms with Crippen LogP contribution in [0.2, 0.25) is 0 Å². The summed E-state index contributed by atoms with van der Waals surface area (Å²) >= 11 is 0. The number of methoxy groups -OCH3 is 3. The molecule has 218 valence electrons. The molecule has 0 bridgehead atoms. The number of hydrogen-bond acceptors (Lipinski definition) is 9. The molecule has 9 nitrogen and oxygen atoms in total. The van der Waals surface area contributed by atoms with E-state index in [0.29, 0.717) is 38.9 Å². The summed E-state index contributed by atoms with van der Waals surface area (Å²) < 4.78 is 16.0. The van der Waals surface area contributed by atoms with E-state index in [1.165, 1.54) is 35.2 Å². The van der Waals surface area contributed by atoms with E-state index in [0.717, 1.165) is 0 Å². The first kappa shape index (κ1) is 31.3. The Balaban J connectivity index is 2.48. The van der Waals surface area contributed by atoms with Gasteiger partial charge in [-0.05, 0) is 73.9 Å². The molecule has 3 aromatic rings. The van der Waals surface area contributed by atoms with Crippen molar-refractivity contribution in [1.82, 2.24) is 0 Å². The Morgan fingerprint density at radius 3 is 1.15 bits per heavy atom. The molecule has 4 unspecified atom stereocenters. The number of aliphatic hydroxyl groups is 3. The van der Waals surface area contributed by atoms with Crippen molar-refractivity contribution in [3.05, 3.63) is 86.5 Å². The predicted molar refractivity (Wildman–Crippen MR) is 149 cm³/mol. The highest BCUT2D eigenvalue weighted by Gasteiger charge is 2.27. The van der Waals surface area contributed by atoms with E-state index in [-0.39, 0.29) is 48.2 Å². The summed E-state index contributed by atoms with van der Waals surface area (Å²) in [5, 5.41) is 64.1. The minimum atomic E-state index is -1.04. The maximum atomic E-state index is 10.9. The second kappa shape index (κ2) is 13.5. The van der Waals surface area contributed by atoms with Crippen LogP contribution in [0.5, 0.6) is 17.2 Å². The number of hydrogen-bond donors (Lipinski definition) is 6. The van der Waals surface area contributed by atoms with Crippen molar-refractivity contribution in [3.63, 3.8) is 0 Å². The molecule has 9 heteroatoms. The average molecular weight is 557 g/mol. The highest BCUT2D eigenvalue weighted by molar-refractivity contribution is 5.57. The van der Waals surface area contributed by atoms with Gasteiger partial charge in [0.15, 0.2) is 0 Å². The zero-order valence-electron chi connectivity index (χ0n) is 23.8. The molecule has 0 aromatic heterocycles. The van der Waals surface area contributed by atoms with Gasteiger partial charge in [-0.1, -0.05) is 0 Å². The largest absolute Gasteiger partial charge is 0.507 e. The van der Waals surface area contributed by atoms with Crippen LogP contribution in [0.15, 0.2) is 36.4 Å². The number of ether oxygens (including phenoxy) is 3. The third kappa shape index (κ3) is 6.58. The first-order valence-electron chi connectivity index (χ1n) is 13.0. The maximum absolute atomic E-state index is 10.9. The molecular weight excluding hydrogens is 516 g/mol. The van der Waals surface area contributed by atoms with Gasteiger partial charge in [0, 0.05) is 60.6 Å². The predicted octanol–water partition coefficient (Wildman–Crippen LogP) is 4.58. The van der Waals surface area contributed by atoms with Gasteiger partial charge in [0.1, 0.15) is 17.2 Å². The number of rotatable bonds is 12. The summed E-state index contributed by atoms with van der Waals surface area (Å²) in [6, 6.07) is 10.4. The Labute approximate surface area is 234 Å². The average Bonchev–Trinajstić information content (AvgIpc) is 2.89. The molecule has 0 saturated heterocycles. The number of phenolic OH excluding ortho intramolecular Hbond substituents is 3. The van der Waals surface area contributed by atoms with Crippen LogP contribution in [0.3, 0.4) is 0 Å². The van der Waals surface area contributed by atoms with Gasteiger partial charge in [0.05, 0.1) is 38.1 Å². The van der Waals surface area contributed by atoms with Gasteiger partial charge in [0.2, 0.25) is 0 Å². The second-order valence-corrected chi connectivity index (χ2v) is 10.1. The fourth-order valence-electron chi connectivity index (χ4n) is 5.06. The summed E-state index contributed by atoms with van der Waals surface area (Å²) in [5.41, 5.74) is 4.26.